The molecule has 5 heteroatoms. The van der Waals surface area contributed by atoms with Gasteiger partial charge in [0.1, 0.15) is 6.04 Å². The van der Waals surface area contributed by atoms with Gasteiger partial charge in [-0.1, -0.05) is 52.2 Å². The summed E-state index contributed by atoms with van der Waals surface area (Å²) >= 11 is 10.1. The Morgan fingerprint density at radius 1 is 1.04 bits per heavy atom. The molecule has 0 spiro atoms. The van der Waals surface area contributed by atoms with Crippen molar-refractivity contribution in [1.82, 2.24) is 4.90 Å². The summed E-state index contributed by atoms with van der Waals surface area (Å²) in [7, 11) is 0. The van der Waals surface area contributed by atoms with Gasteiger partial charge in [-0.3, -0.25) is 9.69 Å². The van der Waals surface area contributed by atoms with Crippen LogP contribution in [0.4, 0.5) is 5.69 Å². The van der Waals surface area contributed by atoms with Gasteiger partial charge in [0.15, 0.2) is 0 Å². The maximum Gasteiger partial charge on any atom is 0.242 e. The SMILES string of the molecule is O=C1Nc2ccc(Br)cc2[C@H](c2ccccc2Cl)[C@H]1N1CCCCC1. The Balaban J connectivity index is 1.87. The maximum absolute atomic E-state index is 13.0. The highest BCUT2D eigenvalue weighted by Crippen LogP contribution is 2.43. The number of benzene rings is 2. The van der Waals surface area contributed by atoms with Crippen LogP contribution in [-0.2, 0) is 4.79 Å². The second kappa shape index (κ2) is 7.10. The summed E-state index contributed by atoms with van der Waals surface area (Å²) in [5.74, 6) is 0.00897. The van der Waals surface area contributed by atoms with Crippen LogP contribution >= 0.6 is 27.5 Å². The fourth-order valence-electron chi connectivity index (χ4n) is 4.07. The maximum atomic E-state index is 13.0. The summed E-state index contributed by atoms with van der Waals surface area (Å²) in [6, 6.07) is 13.7. The average molecular weight is 420 g/mol. The smallest absolute Gasteiger partial charge is 0.242 e. The molecule has 1 fully saturated rings. The predicted molar refractivity (Wildman–Crippen MR) is 105 cm³/mol. The first-order valence-electron chi connectivity index (χ1n) is 8.74. The van der Waals surface area contributed by atoms with Crippen LogP contribution in [0.2, 0.25) is 5.02 Å². The highest BCUT2D eigenvalue weighted by atomic mass is 79.9. The number of hydrogen-bond donors (Lipinski definition) is 1. The van der Waals surface area contributed by atoms with Crippen molar-refractivity contribution in [2.45, 2.75) is 31.2 Å². The first-order chi connectivity index (χ1) is 12.1. The number of rotatable bonds is 2. The van der Waals surface area contributed by atoms with Crippen LogP contribution in [0.25, 0.3) is 0 Å². The summed E-state index contributed by atoms with van der Waals surface area (Å²) in [5, 5.41) is 3.83. The molecule has 2 heterocycles. The lowest BCUT2D eigenvalue weighted by Crippen LogP contribution is -2.52. The molecule has 0 radical (unpaired) electrons. The van der Waals surface area contributed by atoms with Crippen LogP contribution in [0.3, 0.4) is 0 Å². The van der Waals surface area contributed by atoms with Crippen LogP contribution in [0.1, 0.15) is 36.3 Å². The van der Waals surface area contributed by atoms with Crippen LogP contribution in [0, 0.1) is 0 Å². The lowest BCUT2D eigenvalue weighted by atomic mass is 9.80. The van der Waals surface area contributed by atoms with Crippen LogP contribution in [0.5, 0.6) is 0 Å². The molecule has 3 nitrogen and oxygen atoms in total. The Morgan fingerprint density at radius 2 is 1.80 bits per heavy atom. The number of carbonyl (C=O) groups is 1. The Labute approximate surface area is 161 Å². The van der Waals surface area contributed by atoms with Gasteiger partial charge in [-0.2, -0.15) is 0 Å². The van der Waals surface area contributed by atoms with Gasteiger partial charge in [0.2, 0.25) is 5.91 Å². The van der Waals surface area contributed by atoms with Crippen LogP contribution in [0.15, 0.2) is 46.9 Å². The zero-order chi connectivity index (χ0) is 17.4. The van der Waals surface area contributed by atoms with E-state index >= 15 is 0 Å². The second-order valence-electron chi connectivity index (χ2n) is 6.76. The van der Waals surface area contributed by atoms with Gasteiger partial charge >= 0.3 is 0 Å². The first kappa shape index (κ1) is 17.1. The van der Waals surface area contributed by atoms with E-state index in [1.165, 1.54) is 6.42 Å². The molecule has 2 aliphatic heterocycles. The van der Waals surface area contributed by atoms with Crippen molar-refractivity contribution in [1.29, 1.82) is 0 Å². The second-order valence-corrected chi connectivity index (χ2v) is 8.08. The Hall–Kier alpha value is -1.36. The number of nitrogens with one attached hydrogen (secondary N) is 1. The largest absolute Gasteiger partial charge is 0.324 e. The third-order valence-corrected chi connectivity index (χ3v) is 6.05. The normalized spacial score (nSPS) is 23.8. The number of likely N-dealkylation sites (tertiary alicyclic amines) is 1. The molecule has 130 valence electrons. The minimum Gasteiger partial charge on any atom is -0.324 e. The number of anilines is 1. The Morgan fingerprint density at radius 3 is 2.56 bits per heavy atom. The minimum atomic E-state index is -0.220. The number of piperidine rings is 1. The van der Waals surface area contributed by atoms with Gasteiger partial charge in [0.05, 0.1) is 0 Å². The average Bonchev–Trinajstić information content (AvgIpc) is 2.62. The fraction of sp³-hybridized carbons (Fsp3) is 0.350. The van der Waals surface area contributed by atoms with Crippen molar-refractivity contribution in [3.8, 4) is 0 Å². The zero-order valence-corrected chi connectivity index (χ0v) is 16.2. The number of amides is 1. The molecule has 4 rings (SSSR count). The molecule has 0 saturated carbocycles. The summed E-state index contributed by atoms with van der Waals surface area (Å²) in [6.07, 6.45) is 3.53. The Kier molecular flexibility index (Phi) is 4.85. The molecule has 0 unspecified atom stereocenters. The number of fused-ring (bicyclic) bond motifs is 1. The molecular formula is C20H20BrClN2O. The van der Waals surface area contributed by atoms with Crippen LogP contribution < -0.4 is 5.32 Å². The Bertz CT molecular complexity index is 804. The highest BCUT2D eigenvalue weighted by Gasteiger charge is 2.41. The zero-order valence-electron chi connectivity index (χ0n) is 13.8. The molecule has 2 aliphatic rings. The van der Waals surface area contributed by atoms with Crippen molar-refractivity contribution >= 4 is 39.1 Å². The van der Waals surface area contributed by atoms with Gasteiger partial charge in [-0.15, -0.1) is 0 Å². The van der Waals surface area contributed by atoms with Crippen molar-refractivity contribution < 1.29 is 4.79 Å². The van der Waals surface area contributed by atoms with Crippen molar-refractivity contribution in [3.05, 3.63) is 63.1 Å². The summed E-state index contributed by atoms with van der Waals surface area (Å²) in [4.78, 5) is 15.4. The third kappa shape index (κ3) is 3.23. The highest BCUT2D eigenvalue weighted by molar-refractivity contribution is 9.10. The minimum absolute atomic E-state index is 0.0620. The van der Waals surface area contributed by atoms with Gasteiger partial charge in [0, 0.05) is 21.1 Å². The van der Waals surface area contributed by atoms with E-state index in [2.05, 4.69) is 32.2 Å². The molecule has 2 aromatic carbocycles. The molecule has 25 heavy (non-hydrogen) atoms. The van der Waals surface area contributed by atoms with E-state index < -0.39 is 0 Å². The number of nitrogens with zero attached hydrogens (tertiary/aromatic N) is 1. The molecule has 2 atom stereocenters. The summed E-state index contributed by atoms with van der Waals surface area (Å²) in [6.45, 7) is 1.92. The quantitative estimate of drug-likeness (QED) is 0.739. The molecule has 1 N–H and O–H groups in total. The van der Waals surface area contributed by atoms with E-state index in [1.54, 1.807) is 0 Å². The monoisotopic (exact) mass is 418 g/mol. The molecule has 1 saturated heterocycles. The summed E-state index contributed by atoms with van der Waals surface area (Å²) in [5.41, 5.74) is 3.03. The van der Waals surface area contributed by atoms with Gasteiger partial charge < -0.3 is 5.32 Å². The van der Waals surface area contributed by atoms with E-state index in [9.17, 15) is 4.79 Å². The van der Waals surface area contributed by atoms with Gasteiger partial charge in [0.25, 0.3) is 0 Å². The van der Waals surface area contributed by atoms with Crippen molar-refractivity contribution in [3.63, 3.8) is 0 Å². The van der Waals surface area contributed by atoms with E-state index in [1.807, 2.05) is 36.4 Å². The molecule has 0 bridgehead atoms. The number of halogens is 2. The lowest BCUT2D eigenvalue weighted by molar-refractivity contribution is -0.122. The fourth-order valence-corrected chi connectivity index (χ4v) is 4.70. The van der Waals surface area contributed by atoms with E-state index in [4.69, 9.17) is 11.6 Å². The molecule has 2 aromatic rings. The molecule has 0 aliphatic carbocycles. The molecular weight excluding hydrogens is 400 g/mol. The molecule has 0 aromatic heterocycles. The van der Waals surface area contributed by atoms with E-state index in [0.717, 1.165) is 52.2 Å². The first-order valence-corrected chi connectivity index (χ1v) is 9.91. The standard InChI is InChI=1S/C20H20BrClN2O/c21-13-8-9-17-15(12-13)18(14-6-2-3-7-16(14)22)19(20(25)23-17)24-10-4-1-5-11-24/h2-3,6-9,12,18-19H,1,4-5,10-11H2,(H,23,25)/t18-,19+/m0/s1. The van der Waals surface area contributed by atoms with E-state index in [0.29, 0.717) is 0 Å². The van der Waals surface area contributed by atoms with E-state index in [-0.39, 0.29) is 17.9 Å². The van der Waals surface area contributed by atoms with Crippen LogP contribution in [-0.4, -0.2) is 29.9 Å². The van der Waals surface area contributed by atoms with Crippen molar-refractivity contribution in [2.24, 2.45) is 0 Å². The summed E-state index contributed by atoms with van der Waals surface area (Å²) < 4.78 is 1.01. The lowest BCUT2D eigenvalue weighted by Gasteiger charge is -2.42. The number of carbonyl (C=O) groups excluding carboxylic acids is 1. The van der Waals surface area contributed by atoms with Crippen molar-refractivity contribution in [2.75, 3.05) is 18.4 Å². The van der Waals surface area contributed by atoms with Gasteiger partial charge in [-0.05, 0) is 61.3 Å². The number of hydrogen-bond acceptors (Lipinski definition) is 2. The molecule has 1 amide bonds. The topological polar surface area (TPSA) is 32.3 Å². The predicted octanol–water partition coefficient (Wildman–Crippen LogP) is 5.04. The third-order valence-electron chi connectivity index (χ3n) is 5.22. The van der Waals surface area contributed by atoms with Gasteiger partial charge in [-0.25, -0.2) is 0 Å².